The van der Waals surface area contributed by atoms with E-state index in [0.29, 0.717) is 0 Å². The van der Waals surface area contributed by atoms with Gasteiger partial charge in [-0.05, 0) is 14.0 Å². The molecule has 0 radical (unpaired) electrons. The maximum atomic E-state index is 11.8. The Balaban J connectivity index is 2.53. The van der Waals surface area contributed by atoms with E-state index in [-0.39, 0.29) is 5.91 Å². The van der Waals surface area contributed by atoms with E-state index in [2.05, 4.69) is 18.5 Å². The minimum atomic E-state index is 0.137. The third-order valence-electron chi connectivity index (χ3n) is 2.50. The average molecular weight is 194 g/mol. The molecule has 1 amide bonds. The molecule has 0 atom stereocenters. The van der Waals surface area contributed by atoms with Crippen LogP contribution in [-0.2, 0) is 4.79 Å². The molecule has 0 saturated carbocycles. The van der Waals surface area contributed by atoms with Gasteiger partial charge in [0, 0.05) is 31.8 Å². The lowest BCUT2D eigenvalue weighted by Crippen LogP contribution is -2.47. The average Bonchev–Trinajstić information content (AvgIpc) is 2.18. The fourth-order valence-electron chi connectivity index (χ4n) is 1.51. The molecule has 3 nitrogen and oxygen atoms in total. The van der Waals surface area contributed by atoms with Gasteiger partial charge in [0.15, 0.2) is 0 Å². The molecular weight excluding hydrogens is 176 g/mol. The van der Waals surface area contributed by atoms with Crippen molar-refractivity contribution in [2.24, 2.45) is 0 Å². The van der Waals surface area contributed by atoms with E-state index in [0.717, 1.165) is 31.8 Å². The molecule has 1 fully saturated rings. The van der Waals surface area contributed by atoms with Crippen LogP contribution in [0.4, 0.5) is 0 Å². The molecule has 0 N–H and O–H groups in total. The molecule has 0 aromatic heterocycles. The molecule has 1 rings (SSSR count). The van der Waals surface area contributed by atoms with Gasteiger partial charge in [-0.25, -0.2) is 0 Å². The largest absolute Gasteiger partial charge is 0.336 e. The van der Waals surface area contributed by atoms with Gasteiger partial charge in [-0.2, -0.15) is 0 Å². The molecule has 1 aliphatic rings. The zero-order valence-corrected chi connectivity index (χ0v) is 8.99. The van der Waals surface area contributed by atoms with Gasteiger partial charge in [0.1, 0.15) is 0 Å². The monoisotopic (exact) mass is 194 g/mol. The van der Waals surface area contributed by atoms with E-state index in [4.69, 9.17) is 0 Å². The van der Waals surface area contributed by atoms with Crippen LogP contribution in [0.25, 0.3) is 0 Å². The first kappa shape index (κ1) is 11.0. The van der Waals surface area contributed by atoms with Gasteiger partial charge in [-0.3, -0.25) is 4.79 Å². The van der Waals surface area contributed by atoms with Crippen LogP contribution in [0.5, 0.6) is 0 Å². The van der Waals surface area contributed by atoms with Crippen LogP contribution < -0.4 is 0 Å². The Hall–Kier alpha value is -1.09. The van der Waals surface area contributed by atoms with Crippen LogP contribution in [0.15, 0.2) is 24.3 Å². The second-order valence-corrected chi connectivity index (χ2v) is 3.68. The Kier molecular flexibility index (Phi) is 3.89. The number of amides is 1. The standard InChI is InChI=1S/C11H18N2O/c1-4-5-10(2)11(14)13-8-6-12(3)7-9-13/h4-5H,1,6-9H2,2-3H3. The highest BCUT2D eigenvalue weighted by atomic mass is 16.2. The number of nitrogens with zero attached hydrogens (tertiary/aromatic N) is 2. The molecule has 0 bridgehead atoms. The molecule has 3 heteroatoms. The molecule has 0 aromatic carbocycles. The molecule has 78 valence electrons. The summed E-state index contributed by atoms with van der Waals surface area (Å²) in [5.41, 5.74) is 0.768. The fourth-order valence-corrected chi connectivity index (χ4v) is 1.51. The summed E-state index contributed by atoms with van der Waals surface area (Å²) < 4.78 is 0. The number of piperazine rings is 1. The lowest BCUT2D eigenvalue weighted by molar-refractivity contribution is -0.128. The summed E-state index contributed by atoms with van der Waals surface area (Å²) in [7, 11) is 2.08. The van der Waals surface area contributed by atoms with Crippen LogP contribution in [-0.4, -0.2) is 48.9 Å². The van der Waals surface area contributed by atoms with Crippen LogP contribution in [0.3, 0.4) is 0 Å². The van der Waals surface area contributed by atoms with E-state index >= 15 is 0 Å². The molecular formula is C11H18N2O. The van der Waals surface area contributed by atoms with Crippen molar-refractivity contribution in [1.29, 1.82) is 0 Å². The molecule has 1 heterocycles. The zero-order chi connectivity index (χ0) is 10.6. The molecule has 0 spiro atoms. The van der Waals surface area contributed by atoms with Crippen molar-refractivity contribution >= 4 is 5.91 Å². The number of hydrogen-bond donors (Lipinski definition) is 0. The van der Waals surface area contributed by atoms with Gasteiger partial charge in [0.25, 0.3) is 0 Å². The number of likely N-dealkylation sites (N-methyl/N-ethyl adjacent to an activating group) is 1. The van der Waals surface area contributed by atoms with Crippen LogP contribution in [0.1, 0.15) is 6.92 Å². The van der Waals surface area contributed by atoms with Crippen molar-refractivity contribution in [3.05, 3.63) is 24.3 Å². The quantitative estimate of drug-likeness (QED) is 0.481. The number of hydrogen-bond acceptors (Lipinski definition) is 2. The lowest BCUT2D eigenvalue weighted by Gasteiger charge is -2.32. The van der Waals surface area contributed by atoms with E-state index in [1.54, 1.807) is 12.2 Å². The highest BCUT2D eigenvalue weighted by Gasteiger charge is 2.19. The topological polar surface area (TPSA) is 23.6 Å². The third kappa shape index (κ3) is 2.70. The molecule has 1 saturated heterocycles. The summed E-state index contributed by atoms with van der Waals surface area (Å²) in [4.78, 5) is 15.9. The van der Waals surface area contributed by atoms with Gasteiger partial charge in [-0.1, -0.05) is 18.7 Å². The maximum Gasteiger partial charge on any atom is 0.249 e. The van der Waals surface area contributed by atoms with Crippen LogP contribution in [0.2, 0.25) is 0 Å². The van der Waals surface area contributed by atoms with Crippen molar-refractivity contribution in [1.82, 2.24) is 9.80 Å². The predicted molar refractivity (Wildman–Crippen MR) is 58.0 cm³/mol. The van der Waals surface area contributed by atoms with Crippen molar-refractivity contribution in [2.45, 2.75) is 6.92 Å². The van der Waals surface area contributed by atoms with Gasteiger partial charge in [0.2, 0.25) is 5.91 Å². The van der Waals surface area contributed by atoms with Crippen LogP contribution in [0, 0.1) is 0 Å². The summed E-state index contributed by atoms with van der Waals surface area (Å²) in [6.07, 6.45) is 3.42. The van der Waals surface area contributed by atoms with E-state index in [9.17, 15) is 4.79 Å². The van der Waals surface area contributed by atoms with Gasteiger partial charge < -0.3 is 9.80 Å². The van der Waals surface area contributed by atoms with Crippen molar-refractivity contribution < 1.29 is 4.79 Å². The third-order valence-corrected chi connectivity index (χ3v) is 2.50. The lowest BCUT2D eigenvalue weighted by atomic mass is 10.2. The Morgan fingerprint density at radius 2 is 1.86 bits per heavy atom. The SMILES string of the molecule is C=CC=C(C)C(=O)N1CCN(C)CC1. The summed E-state index contributed by atoms with van der Waals surface area (Å²) in [5.74, 6) is 0.137. The Bertz CT molecular complexity index is 250. The van der Waals surface area contributed by atoms with E-state index in [1.165, 1.54) is 0 Å². The number of rotatable bonds is 2. The zero-order valence-electron chi connectivity index (χ0n) is 8.99. The maximum absolute atomic E-state index is 11.8. The number of carbonyl (C=O) groups is 1. The van der Waals surface area contributed by atoms with Gasteiger partial charge in [0.05, 0.1) is 0 Å². The molecule has 1 aliphatic heterocycles. The number of allylic oxidation sites excluding steroid dienone is 2. The summed E-state index contributed by atoms with van der Waals surface area (Å²) in [6, 6.07) is 0. The molecule has 14 heavy (non-hydrogen) atoms. The minimum Gasteiger partial charge on any atom is -0.336 e. The summed E-state index contributed by atoms with van der Waals surface area (Å²) >= 11 is 0. The fraction of sp³-hybridized carbons (Fsp3) is 0.545. The van der Waals surface area contributed by atoms with Crippen molar-refractivity contribution in [3.63, 3.8) is 0 Å². The van der Waals surface area contributed by atoms with E-state index < -0.39 is 0 Å². The van der Waals surface area contributed by atoms with E-state index in [1.807, 2.05) is 11.8 Å². The molecule has 0 aromatic rings. The van der Waals surface area contributed by atoms with Gasteiger partial charge >= 0.3 is 0 Å². The second-order valence-electron chi connectivity index (χ2n) is 3.68. The highest BCUT2D eigenvalue weighted by molar-refractivity contribution is 5.93. The smallest absolute Gasteiger partial charge is 0.249 e. The van der Waals surface area contributed by atoms with Crippen molar-refractivity contribution in [3.8, 4) is 0 Å². The minimum absolute atomic E-state index is 0.137. The van der Waals surface area contributed by atoms with Crippen LogP contribution >= 0.6 is 0 Å². The Morgan fingerprint density at radius 3 is 2.36 bits per heavy atom. The second kappa shape index (κ2) is 4.96. The first-order chi connectivity index (χ1) is 6.65. The Labute approximate surface area is 85.7 Å². The van der Waals surface area contributed by atoms with Gasteiger partial charge in [-0.15, -0.1) is 0 Å². The summed E-state index contributed by atoms with van der Waals surface area (Å²) in [6.45, 7) is 9.01. The highest BCUT2D eigenvalue weighted by Crippen LogP contribution is 2.05. The number of carbonyl (C=O) groups excluding carboxylic acids is 1. The predicted octanol–water partition coefficient (Wildman–Crippen LogP) is 0.893. The summed E-state index contributed by atoms with van der Waals surface area (Å²) in [5, 5.41) is 0. The Morgan fingerprint density at radius 1 is 1.29 bits per heavy atom. The normalized spacial score (nSPS) is 19.6. The first-order valence-electron chi connectivity index (χ1n) is 4.92. The molecule has 0 unspecified atom stereocenters. The first-order valence-corrected chi connectivity index (χ1v) is 4.92. The van der Waals surface area contributed by atoms with Crippen molar-refractivity contribution in [2.75, 3.05) is 33.2 Å². The molecule has 0 aliphatic carbocycles.